The van der Waals surface area contributed by atoms with E-state index < -0.39 is 11.7 Å². The number of fused-ring (bicyclic) bond motifs is 1. The van der Waals surface area contributed by atoms with Crippen LogP contribution < -0.4 is 26.8 Å². The Kier molecular flexibility index (Phi) is 8.17. The van der Waals surface area contributed by atoms with E-state index in [1.807, 2.05) is 31.2 Å². The van der Waals surface area contributed by atoms with Crippen LogP contribution in [0.15, 0.2) is 36.5 Å². The third-order valence-electron chi connectivity index (χ3n) is 6.57. The molecule has 0 spiro atoms. The van der Waals surface area contributed by atoms with Crippen LogP contribution >= 0.6 is 0 Å². The number of carbonyl (C=O) groups excluding carboxylic acids is 1. The molecule has 1 fully saturated rings. The van der Waals surface area contributed by atoms with Crippen molar-refractivity contribution in [3.63, 3.8) is 0 Å². The molecule has 2 aromatic heterocycles. The number of amides is 1. The van der Waals surface area contributed by atoms with E-state index in [2.05, 4.69) is 20.6 Å². The number of nitrogens with two attached hydrogens (primary N) is 2. The summed E-state index contributed by atoms with van der Waals surface area (Å²) in [6, 6.07) is 8.31. The lowest BCUT2D eigenvalue weighted by molar-refractivity contribution is 0.0950. The second-order valence-corrected chi connectivity index (χ2v) is 9.10. The van der Waals surface area contributed by atoms with Gasteiger partial charge in [0.05, 0.1) is 18.3 Å². The van der Waals surface area contributed by atoms with Gasteiger partial charge >= 0.3 is 0 Å². The predicted octanol–water partition coefficient (Wildman–Crippen LogP) is 4.10. The summed E-state index contributed by atoms with van der Waals surface area (Å²) in [5.74, 6) is -0.784. The van der Waals surface area contributed by atoms with Crippen LogP contribution in [-0.2, 0) is 4.74 Å². The molecule has 4 rings (SSSR count). The zero-order chi connectivity index (χ0) is 25.7. The number of nitrogens with zero attached hydrogens (tertiary/aromatic N) is 2. The Morgan fingerprint density at radius 3 is 2.78 bits per heavy atom. The van der Waals surface area contributed by atoms with E-state index in [4.69, 9.17) is 20.9 Å². The van der Waals surface area contributed by atoms with Crippen LogP contribution in [0.2, 0.25) is 0 Å². The molecule has 0 bridgehead atoms. The molecular weight excluding hydrogens is 463 g/mol. The zero-order valence-electron chi connectivity index (χ0n) is 20.6. The molecule has 10 heteroatoms. The highest BCUT2D eigenvalue weighted by Crippen LogP contribution is 2.33. The molecule has 6 N–H and O–H groups in total. The minimum absolute atomic E-state index is 0.0306. The van der Waals surface area contributed by atoms with Gasteiger partial charge in [-0.15, -0.1) is 0 Å². The van der Waals surface area contributed by atoms with Crippen LogP contribution in [0.5, 0.6) is 5.88 Å². The number of rotatable bonds is 10. The molecule has 1 aliphatic carbocycles. The van der Waals surface area contributed by atoms with Crippen molar-refractivity contribution in [3.05, 3.63) is 47.9 Å². The zero-order valence-corrected chi connectivity index (χ0v) is 20.6. The minimum atomic E-state index is -0.789. The van der Waals surface area contributed by atoms with E-state index in [0.29, 0.717) is 24.6 Å². The van der Waals surface area contributed by atoms with Crippen LogP contribution in [0.3, 0.4) is 0 Å². The standard InChI is InChI=1S/C26H33FN6O3/c1-15(35-2)11-13-36-26-17-6-5-9-21(16(17)10-12-30-26)31-24-18(23(29)34)14-19(27)25(33-24)32-22-8-4-3-7-20(22)28/h5-6,9-10,12,14-15,20,22H,3-4,7-8,11,13,28H2,1-2H3,(H2,29,34)(H2,31,32,33). The van der Waals surface area contributed by atoms with Crippen molar-refractivity contribution in [1.82, 2.24) is 9.97 Å². The summed E-state index contributed by atoms with van der Waals surface area (Å²) in [5, 5.41) is 7.88. The topological polar surface area (TPSA) is 137 Å². The summed E-state index contributed by atoms with van der Waals surface area (Å²) in [4.78, 5) is 20.9. The van der Waals surface area contributed by atoms with Crippen LogP contribution in [0.4, 0.5) is 21.7 Å². The van der Waals surface area contributed by atoms with Crippen molar-refractivity contribution in [2.45, 2.75) is 57.2 Å². The van der Waals surface area contributed by atoms with Crippen LogP contribution in [0.25, 0.3) is 10.8 Å². The van der Waals surface area contributed by atoms with E-state index in [9.17, 15) is 9.18 Å². The molecule has 3 aromatic rings. The first-order valence-electron chi connectivity index (χ1n) is 12.2. The van der Waals surface area contributed by atoms with Gasteiger partial charge in [0.15, 0.2) is 11.6 Å². The van der Waals surface area contributed by atoms with Gasteiger partial charge < -0.3 is 31.6 Å². The second kappa shape index (κ2) is 11.5. The van der Waals surface area contributed by atoms with E-state index in [1.165, 1.54) is 0 Å². The van der Waals surface area contributed by atoms with E-state index >= 15 is 0 Å². The second-order valence-electron chi connectivity index (χ2n) is 9.10. The maximum absolute atomic E-state index is 14.9. The first kappa shape index (κ1) is 25.6. The van der Waals surface area contributed by atoms with Gasteiger partial charge in [-0.25, -0.2) is 14.4 Å². The number of pyridine rings is 2. The number of primary amides is 1. The van der Waals surface area contributed by atoms with Gasteiger partial charge in [0.25, 0.3) is 5.91 Å². The smallest absolute Gasteiger partial charge is 0.252 e. The Morgan fingerprint density at radius 2 is 2.03 bits per heavy atom. The summed E-state index contributed by atoms with van der Waals surface area (Å²) < 4.78 is 26.1. The number of nitrogens with one attached hydrogen (secondary N) is 2. The average molecular weight is 497 g/mol. The summed E-state index contributed by atoms with van der Waals surface area (Å²) in [6.45, 7) is 2.42. The molecule has 0 saturated heterocycles. The SMILES string of the molecule is COC(C)CCOc1nccc2c(Nc3nc(NC4CCCCC4N)c(F)cc3C(N)=O)cccc12. The van der Waals surface area contributed by atoms with Crippen LogP contribution in [-0.4, -0.2) is 47.8 Å². The summed E-state index contributed by atoms with van der Waals surface area (Å²) in [5.41, 5.74) is 12.4. The molecule has 0 aliphatic heterocycles. The molecule has 192 valence electrons. The lowest BCUT2D eigenvalue weighted by atomic mass is 9.91. The molecule has 1 aromatic carbocycles. The van der Waals surface area contributed by atoms with Crippen molar-refractivity contribution in [3.8, 4) is 5.88 Å². The highest BCUT2D eigenvalue weighted by molar-refractivity contribution is 6.02. The number of anilines is 3. The molecule has 2 heterocycles. The average Bonchev–Trinajstić information content (AvgIpc) is 2.87. The molecule has 1 amide bonds. The lowest BCUT2D eigenvalue weighted by Gasteiger charge is -2.30. The van der Waals surface area contributed by atoms with Gasteiger partial charge in [-0.1, -0.05) is 18.9 Å². The maximum atomic E-state index is 14.9. The van der Waals surface area contributed by atoms with Gasteiger partial charge in [-0.3, -0.25) is 4.79 Å². The van der Waals surface area contributed by atoms with E-state index in [0.717, 1.165) is 42.5 Å². The maximum Gasteiger partial charge on any atom is 0.252 e. The summed E-state index contributed by atoms with van der Waals surface area (Å²) in [7, 11) is 1.66. The minimum Gasteiger partial charge on any atom is -0.477 e. The third-order valence-corrected chi connectivity index (χ3v) is 6.57. The number of hydrogen-bond donors (Lipinski definition) is 4. The quantitative estimate of drug-likeness (QED) is 0.329. The number of methoxy groups -OCH3 is 1. The monoisotopic (exact) mass is 496 g/mol. The Bertz CT molecular complexity index is 1220. The number of halogens is 1. The van der Waals surface area contributed by atoms with Crippen molar-refractivity contribution < 1.29 is 18.7 Å². The Hall–Kier alpha value is -3.50. The summed E-state index contributed by atoms with van der Waals surface area (Å²) >= 11 is 0. The van der Waals surface area contributed by atoms with Gasteiger partial charge in [0, 0.05) is 48.3 Å². The van der Waals surface area contributed by atoms with Crippen LogP contribution in [0, 0.1) is 5.82 Å². The lowest BCUT2D eigenvalue weighted by Crippen LogP contribution is -2.43. The highest BCUT2D eigenvalue weighted by Gasteiger charge is 2.24. The molecule has 3 unspecified atom stereocenters. The molecule has 9 nitrogen and oxygen atoms in total. The molecule has 0 radical (unpaired) electrons. The molecule has 1 aliphatic rings. The van der Waals surface area contributed by atoms with Gasteiger partial charge in [0.2, 0.25) is 5.88 Å². The van der Waals surface area contributed by atoms with Crippen molar-refractivity contribution in [2.75, 3.05) is 24.4 Å². The van der Waals surface area contributed by atoms with Crippen LogP contribution in [0.1, 0.15) is 49.4 Å². The highest BCUT2D eigenvalue weighted by atomic mass is 19.1. The Balaban J connectivity index is 1.64. The number of aromatic nitrogens is 2. The first-order valence-corrected chi connectivity index (χ1v) is 12.2. The number of carbonyl (C=O) groups is 1. The Morgan fingerprint density at radius 1 is 1.22 bits per heavy atom. The molecular formula is C26H33FN6O3. The third kappa shape index (κ3) is 5.83. The number of hydrogen-bond acceptors (Lipinski definition) is 8. The van der Waals surface area contributed by atoms with Gasteiger partial charge in [-0.2, -0.15) is 0 Å². The fourth-order valence-corrected chi connectivity index (χ4v) is 4.36. The van der Waals surface area contributed by atoms with Crippen molar-refractivity contribution in [1.29, 1.82) is 0 Å². The fourth-order valence-electron chi connectivity index (χ4n) is 4.36. The molecule has 3 atom stereocenters. The van der Waals surface area contributed by atoms with E-state index in [1.54, 1.807) is 13.3 Å². The van der Waals surface area contributed by atoms with Crippen molar-refractivity contribution >= 4 is 34.0 Å². The Labute approximate surface area is 209 Å². The van der Waals surface area contributed by atoms with E-state index in [-0.39, 0.29) is 35.4 Å². The summed E-state index contributed by atoms with van der Waals surface area (Å²) in [6.07, 6.45) is 6.18. The normalized spacial score (nSPS) is 18.6. The predicted molar refractivity (Wildman–Crippen MR) is 138 cm³/mol. The number of ether oxygens (including phenoxy) is 2. The molecule has 1 saturated carbocycles. The number of benzene rings is 1. The van der Waals surface area contributed by atoms with Crippen molar-refractivity contribution in [2.24, 2.45) is 11.5 Å². The fraction of sp³-hybridized carbons (Fsp3) is 0.423. The van der Waals surface area contributed by atoms with Gasteiger partial charge in [-0.05, 0) is 44.0 Å². The largest absolute Gasteiger partial charge is 0.477 e. The van der Waals surface area contributed by atoms with Gasteiger partial charge in [0.1, 0.15) is 5.82 Å². The first-order chi connectivity index (χ1) is 17.4. The molecule has 36 heavy (non-hydrogen) atoms.